The Labute approximate surface area is 219 Å². The zero-order chi connectivity index (χ0) is 26.3. The minimum atomic E-state index is -0.587. The van der Waals surface area contributed by atoms with Crippen molar-refractivity contribution in [2.75, 3.05) is 20.2 Å². The van der Waals surface area contributed by atoms with Gasteiger partial charge in [-0.1, -0.05) is 65.8 Å². The molecule has 0 spiro atoms. The molecule has 0 aliphatic carbocycles. The second kappa shape index (κ2) is 11.6. The summed E-state index contributed by atoms with van der Waals surface area (Å²) in [5.74, 6) is 0.0835. The monoisotopic (exact) mass is 513 g/mol. The number of pyridine rings is 1. The molecule has 1 aliphatic heterocycles. The minimum Gasteiger partial charge on any atom is -0.485 e. The Morgan fingerprint density at radius 2 is 1.61 bits per heavy atom. The number of rotatable bonds is 9. The van der Waals surface area contributed by atoms with E-state index < -0.39 is 5.97 Å². The highest BCUT2D eigenvalue weighted by atomic mass is 16.5. The van der Waals surface area contributed by atoms with E-state index in [1.54, 1.807) is 17.0 Å². The number of carbonyl (C=O) groups is 2. The Morgan fingerprint density at radius 1 is 0.947 bits per heavy atom. The molecule has 0 bridgehead atoms. The normalized spacial score (nSPS) is 14.8. The summed E-state index contributed by atoms with van der Waals surface area (Å²) in [6.45, 7) is 1.62. The number of hydrogen-bond acceptors (Lipinski definition) is 8. The number of carbonyl (C=O) groups excluding carboxylic acids is 2. The maximum absolute atomic E-state index is 13.3. The minimum absolute atomic E-state index is 0.0419. The molecule has 38 heavy (non-hydrogen) atoms. The van der Waals surface area contributed by atoms with Gasteiger partial charge in [0.05, 0.1) is 19.0 Å². The summed E-state index contributed by atoms with van der Waals surface area (Å²) in [7, 11) is 1.28. The maximum atomic E-state index is 13.3. The van der Waals surface area contributed by atoms with Crippen LogP contribution >= 0.6 is 0 Å². The zero-order valence-corrected chi connectivity index (χ0v) is 20.9. The van der Waals surface area contributed by atoms with Gasteiger partial charge in [-0.2, -0.15) is 0 Å². The van der Waals surface area contributed by atoms with Crippen molar-refractivity contribution in [3.63, 3.8) is 0 Å². The Bertz CT molecular complexity index is 1390. The first-order chi connectivity index (χ1) is 18.6. The van der Waals surface area contributed by atoms with Gasteiger partial charge < -0.3 is 23.6 Å². The van der Waals surface area contributed by atoms with Gasteiger partial charge >= 0.3 is 5.97 Å². The fourth-order valence-electron chi connectivity index (χ4n) is 4.26. The molecule has 2 aromatic carbocycles. The van der Waals surface area contributed by atoms with Gasteiger partial charge in [0, 0.05) is 31.1 Å². The van der Waals surface area contributed by atoms with Gasteiger partial charge in [-0.25, -0.2) is 9.78 Å². The van der Waals surface area contributed by atoms with E-state index >= 15 is 0 Å². The molecule has 1 saturated heterocycles. The van der Waals surface area contributed by atoms with Gasteiger partial charge in [-0.05, 0) is 17.5 Å². The van der Waals surface area contributed by atoms with Crippen molar-refractivity contribution in [2.24, 2.45) is 0 Å². The molecular weight excluding hydrogens is 486 g/mol. The SMILES string of the molecule is COC(=O)c1cc([C@@H]2CCN(C(=O)c3cc(OCc4ccccc4)c(OCc4ccccc4)cn3)C2)no1. The number of amides is 1. The first-order valence-corrected chi connectivity index (χ1v) is 12.3. The van der Waals surface area contributed by atoms with E-state index in [-0.39, 0.29) is 23.3 Å². The van der Waals surface area contributed by atoms with E-state index in [1.165, 1.54) is 13.3 Å². The second-order valence-corrected chi connectivity index (χ2v) is 8.91. The maximum Gasteiger partial charge on any atom is 0.376 e. The molecule has 1 amide bonds. The molecule has 9 heteroatoms. The van der Waals surface area contributed by atoms with Crippen LogP contribution in [0.4, 0.5) is 0 Å². The average Bonchev–Trinajstić information content (AvgIpc) is 3.66. The number of aromatic nitrogens is 2. The number of benzene rings is 2. The highest BCUT2D eigenvalue weighted by Crippen LogP contribution is 2.31. The molecule has 9 nitrogen and oxygen atoms in total. The lowest BCUT2D eigenvalue weighted by molar-refractivity contribution is 0.0554. The highest BCUT2D eigenvalue weighted by molar-refractivity contribution is 5.93. The standard InChI is InChI=1S/C29H27N3O6/c1-35-29(34)26-14-23(31-38-26)22-12-13-32(17-22)28(33)24-15-25(36-18-20-8-4-2-5-9-20)27(16-30-24)37-19-21-10-6-3-7-11-21/h2-11,14-16,22H,12-13,17-19H2,1H3/t22-/m1/s1. The molecule has 5 rings (SSSR count). The highest BCUT2D eigenvalue weighted by Gasteiger charge is 2.31. The third-order valence-electron chi connectivity index (χ3n) is 6.33. The molecule has 0 radical (unpaired) electrons. The summed E-state index contributed by atoms with van der Waals surface area (Å²) in [5, 5.41) is 3.99. The van der Waals surface area contributed by atoms with Crippen molar-refractivity contribution >= 4 is 11.9 Å². The van der Waals surface area contributed by atoms with E-state index in [2.05, 4.69) is 14.9 Å². The van der Waals surface area contributed by atoms with Crippen LogP contribution in [0.15, 0.2) is 83.5 Å². The molecule has 2 aromatic heterocycles. The van der Waals surface area contributed by atoms with Crippen LogP contribution in [0.25, 0.3) is 0 Å². The first kappa shape index (κ1) is 25.0. The van der Waals surface area contributed by atoms with Crippen molar-refractivity contribution in [2.45, 2.75) is 25.6 Å². The van der Waals surface area contributed by atoms with Crippen LogP contribution in [0.1, 0.15) is 50.2 Å². The predicted molar refractivity (Wildman–Crippen MR) is 137 cm³/mol. The summed E-state index contributed by atoms with van der Waals surface area (Å²) in [4.78, 5) is 31.1. The van der Waals surface area contributed by atoms with Crippen molar-refractivity contribution in [1.82, 2.24) is 15.0 Å². The predicted octanol–water partition coefficient (Wildman–Crippen LogP) is 4.64. The Balaban J connectivity index is 1.31. The van der Waals surface area contributed by atoms with Crippen LogP contribution < -0.4 is 9.47 Å². The molecule has 4 aromatic rings. The lowest BCUT2D eigenvalue weighted by Crippen LogP contribution is -2.29. The Hall–Kier alpha value is -4.66. The van der Waals surface area contributed by atoms with E-state index in [4.69, 9.17) is 14.0 Å². The average molecular weight is 514 g/mol. The Kier molecular flexibility index (Phi) is 7.63. The van der Waals surface area contributed by atoms with Crippen LogP contribution in [0.5, 0.6) is 11.5 Å². The summed E-state index contributed by atoms with van der Waals surface area (Å²) in [6.07, 6.45) is 2.22. The van der Waals surface area contributed by atoms with E-state index in [0.29, 0.717) is 49.9 Å². The van der Waals surface area contributed by atoms with Crippen molar-refractivity contribution < 1.29 is 28.3 Å². The zero-order valence-electron chi connectivity index (χ0n) is 20.9. The third-order valence-corrected chi connectivity index (χ3v) is 6.33. The van der Waals surface area contributed by atoms with Crippen molar-refractivity contribution in [3.8, 4) is 11.5 Å². The van der Waals surface area contributed by atoms with Crippen molar-refractivity contribution in [1.29, 1.82) is 0 Å². The molecule has 1 atom stereocenters. The number of ether oxygens (including phenoxy) is 3. The Morgan fingerprint density at radius 3 is 2.26 bits per heavy atom. The number of esters is 1. The van der Waals surface area contributed by atoms with Crippen LogP contribution in [0, 0.1) is 0 Å². The van der Waals surface area contributed by atoms with E-state index in [0.717, 1.165) is 11.1 Å². The van der Waals surface area contributed by atoms with Gasteiger partial charge in [0.15, 0.2) is 11.5 Å². The van der Waals surface area contributed by atoms with Crippen LogP contribution in [0.2, 0.25) is 0 Å². The van der Waals surface area contributed by atoms with Crippen molar-refractivity contribution in [3.05, 3.63) is 107 Å². The molecule has 1 aliphatic rings. The van der Waals surface area contributed by atoms with Crippen LogP contribution in [-0.4, -0.2) is 47.1 Å². The molecule has 3 heterocycles. The fourth-order valence-corrected chi connectivity index (χ4v) is 4.26. The third kappa shape index (κ3) is 5.83. The number of nitrogens with zero attached hydrogens (tertiary/aromatic N) is 3. The first-order valence-electron chi connectivity index (χ1n) is 12.3. The molecule has 0 unspecified atom stereocenters. The topological polar surface area (TPSA) is 104 Å². The summed E-state index contributed by atoms with van der Waals surface area (Å²) in [5.41, 5.74) is 2.88. The summed E-state index contributed by atoms with van der Waals surface area (Å²) in [6, 6.07) is 22.8. The molecular formula is C29H27N3O6. The molecule has 1 fully saturated rings. The number of methoxy groups -OCH3 is 1. The number of hydrogen-bond donors (Lipinski definition) is 0. The van der Waals surface area contributed by atoms with Crippen LogP contribution in [0.3, 0.4) is 0 Å². The van der Waals surface area contributed by atoms with E-state index in [9.17, 15) is 9.59 Å². The van der Waals surface area contributed by atoms with Gasteiger partial charge in [0.1, 0.15) is 18.9 Å². The fraction of sp³-hybridized carbons (Fsp3) is 0.241. The number of likely N-dealkylation sites (tertiary alicyclic amines) is 1. The quantitative estimate of drug-likeness (QED) is 0.298. The van der Waals surface area contributed by atoms with E-state index in [1.807, 2.05) is 60.7 Å². The lowest BCUT2D eigenvalue weighted by Gasteiger charge is -2.18. The molecule has 194 valence electrons. The second-order valence-electron chi connectivity index (χ2n) is 8.91. The van der Waals surface area contributed by atoms with Crippen LogP contribution in [-0.2, 0) is 18.0 Å². The van der Waals surface area contributed by atoms with Gasteiger partial charge in [-0.15, -0.1) is 0 Å². The van der Waals surface area contributed by atoms with Gasteiger partial charge in [-0.3, -0.25) is 4.79 Å². The summed E-state index contributed by atoms with van der Waals surface area (Å²) >= 11 is 0. The smallest absolute Gasteiger partial charge is 0.376 e. The summed E-state index contributed by atoms with van der Waals surface area (Å²) < 4.78 is 21.9. The largest absolute Gasteiger partial charge is 0.485 e. The lowest BCUT2D eigenvalue weighted by atomic mass is 10.1. The van der Waals surface area contributed by atoms with Gasteiger partial charge in [0.2, 0.25) is 5.76 Å². The molecule has 0 N–H and O–H groups in total. The molecule has 0 saturated carbocycles. The van der Waals surface area contributed by atoms with Gasteiger partial charge in [0.25, 0.3) is 5.91 Å².